The Hall–Kier alpha value is -0.520. The lowest BCUT2D eigenvalue weighted by molar-refractivity contribution is -0.104. The second-order valence-electron chi connectivity index (χ2n) is 3.64. The molecule has 1 N–H and O–H groups in total. The molecule has 11 heavy (non-hydrogen) atoms. The lowest BCUT2D eigenvalue weighted by atomic mass is 9.68. The van der Waals surface area contributed by atoms with E-state index in [0.29, 0.717) is 11.8 Å². The predicted molar refractivity (Wildman–Crippen MR) is 42.9 cm³/mol. The van der Waals surface area contributed by atoms with E-state index in [0.717, 1.165) is 19.6 Å². The van der Waals surface area contributed by atoms with Crippen molar-refractivity contribution in [1.82, 2.24) is 4.90 Å². The Morgan fingerprint density at radius 3 is 2.55 bits per heavy atom. The maximum Gasteiger partial charge on any atom is 0.0621 e. The molecule has 2 aliphatic heterocycles. The van der Waals surface area contributed by atoms with Crippen molar-refractivity contribution in [2.24, 2.45) is 11.8 Å². The number of rotatable bonds is 1. The normalized spacial score (nSPS) is 42.7. The minimum absolute atomic E-state index is 0.0241. The van der Waals surface area contributed by atoms with Gasteiger partial charge in [-0.25, -0.2) is 0 Å². The molecule has 2 nitrogen and oxygen atoms in total. The van der Waals surface area contributed by atoms with Crippen molar-refractivity contribution in [2.75, 3.05) is 19.6 Å². The van der Waals surface area contributed by atoms with Gasteiger partial charge in [-0.2, -0.15) is 0 Å². The Morgan fingerprint density at radius 2 is 2.09 bits per heavy atom. The summed E-state index contributed by atoms with van der Waals surface area (Å²) in [5.74, 6) is 3.67. The third-order valence-electron chi connectivity index (χ3n) is 2.87. The summed E-state index contributed by atoms with van der Waals surface area (Å²) in [7, 11) is 0. The van der Waals surface area contributed by atoms with Gasteiger partial charge in [-0.15, -0.1) is 6.42 Å². The lowest BCUT2D eigenvalue weighted by Crippen LogP contribution is -2.58. The second-order valence-corrected chi connectivity index (χ2v) is 3.64. The van der Waals surface area contributed by atoms with Crippen molar-refractivity contribution in [3.63, 3.8) is 0 Å². The minimum Gasteiger partial charge on any atom is -0.392 e. The number of piperidine rings is 2. The summed E-state index contributed by atoms with van der Waals surface area (Å²) < 4.78 is 0. The third kappa shape index (κ3) is 1.05. The Morgan fingerprint density at radius 1 is 1.45 bits per heavy atom. The number of aliphatic hydroxyl groups is 1. The number of aliphatic hydroxyl groups excluding tert-OH is 1. The van der Waals surface area contributed by atoms with Crippen LogP contribution in [-0.2, 0) is 0 Å². The molecule has 3 fully saturated rings. The number of hydrogen-bond acceptors (Lipinski definition) is 2. The van der Waals surface area contributed by atoms with Gasteiger partial charge in [-0.3, -0.25) is 4.90 Å². The van der Waals surface area contributed by atoms with E-state index < -0.39 is 0 Å². The monoisotopic (exact) mass is 151 g/mol. The molecule has 3 rings (SSSR count). The first kappa shape index (κ1) is 7.15. The zero-order chi connectivity index (χ0) is 7.84. The molecule has 2 saturated heterocycles. The smallest absolute Gasteiger partial charge is 0.0621 e. The molecule has 60 valence electrons. The van der Waals surface area contributed by atoms with Gasteiger partial charge in [-0.05, 0) is 18.3 Å². The van der Waals surface area contributed by atoms with Crippen molar-refractivity contribution in [1.29, 1.82) is 0 Å². The highest BCUT2D eigenvalue weighted by Gasteiger charge is 2.45. The first-order valence-electron chi connectivity index (χ1n) is 4.15. The highest BCUT2D eigenvalue weighted by Crippen LogP contribution is 2.39. The van der Waals surface area contributed by atoms with Crippen LogP contribution >= 0.6 is 0 Å². The average molecular weight is 151 g/mol. The van der Waals surface area contributed by atoms with Gasteiger partial charge in [0.1, 0.15) is 0 Å². The standard InChI is InChI=1S/C9H13NO/c1-2-3-10-5-7-4-8(6-10)9(7)11/h1,7-9,11H,3-6H2/t7-,8+,9?. The van der Waals surface area contributed by atoms with Crippen LogP contribution in [0.3, 0.4) is 0 Å². The topological polar surface area (TPSA) is 23.5 Å². The maximum atomic E-state index is 9.44. The molecule has 0 aromatic rings. The van der Waals surface area contributed by atoms with Crippen LogP contribution in [0.25, 0.3) is 0 Å². The first-order valence-corrected chi connectivity index (χ1v) is 4.15. The van der Waals surface area contributed by atoms with Crippen molar-refractivity contribution in [3.05, 3.63) is 0 Å². The van der Waals surface area contributed by atoms with Gasteiger partial charge in [0.15, 0.2) is 0 Å². The van der Waals surface area contributed by atoms with E-state index in [1.165, 1.54) is 6.42 Å². The number of hydrogen-bond donors (Lipinski definition) is 1. The van der Waals surface area contributed by atoms with E-state index in [-0.39, 0.29) is 6.10 Å². The van der Waals surface area contributed by atoms with E-state index in [2.05, 4.69) is 10.8 Å². The third-order valence-corrected chi connectivity index (χ3v) is 2.87. The number of fused-ring (bicyclic) bond motifs is 2. The van der Waals surface area contributed by atoms with Crippen LogP contribution in [0.15, 0.2) is 0 Å². The van der Waals surface area contributed by atoms with Crippen LogP contribution in [0.4, 0.5) is 0 Å². The molecule has 0 aromatic carbocycles. The predicted octanol–water partition coefficient (Wildman–Crippen LogP) is -0.0678. The summed E-state index contributed by atoms with van der Waals surface area (Å²) in [5, 5.41) is 9.44. The number of terminal acetylenes is 1. The minimum atomic E-state index is -0.0241. The largest absolute Gasteiger partial charge is 0.392 e. The van der Waals surface area contributed by atoms with E-state index in [1.54, 1.807) is 0 Å². The molecule has 3 aliphatic rings. The molecule has 0 radical (unpaired) electrons. The van der Waals surface area contributed by atoms with Crippen molar-refractivity contribution >= 4 is 0 Å². The van der Waals surface area contributed by atoms with E-state index in [9.17, 15) is 5.11 Å². The second kappa shape index (κ2) is 2.51. The molecule has 1 saturated carbocycles. The summed E-state index contributed by atoms with van der Waals surface area (Å²) in [6, 6.07) is 0. The molecule has 2 heterocycles. The van der Waals surface area contributed by atoms with Gasteiger partial charge >= 0.3 is 0 Å². The Labute approximate surface area is 67.2 Å². The van der Waals surface area contributed by atoms with Gasteiger partial charge in [0, 0.05) is 13.1 Å². The molecule has 0 spiro atoms. The van der Waals surface area contributed by atoms with Gasteiger partial charge in [-0.1, -0.05) is 5.92 Å². The van der Waals surface area contributed by atoms with Crippen LogP contribution in [0, 0.1) is 24.2 Å². The van der Waals surface area contributed by atoms with Crippen LogP contribution < -0.4 is 0 Å². The lowest BCUT2D eigenvalue weighted by Gasteiger charge is -2.50. The van der Waals surface area contributed by atoms with Crippen LogP contribution in [0.1, 0.15) is 6.42 Å². The Kier molecular flexibility index (Phi) is 1.63. The maximum absolute atomic E-state index is 9.44. The van der Waals surface area contributed by atoms with E-state index >= 15 is 0 Å². The molecular weight excluding hydrogens is 138 g/mol. The summed E-state index contributed by atoms with van der Waals surface area (Å²) in [4.78, 5) is 2.26. The molecule has 3 atom stereocenters. The highest BCUT2D eigenvalue weighted by atomic mass is 16.3. The van der Waals surface area contributed by atoms with Gasteiger partial charge < -0.3 is 5.11 Å². The highest BCUT2D eigenvalue weighted by molar-refractivity contribution is 5.00. The van der Waals surface area contributed by atoms with Crippen molar-refractivity contribution < 1.29 is 5.11 Å². The SMILES string of the molecule is C#CCN1C[C@H]2C[C@@H](C1)C2O. The van der Waals surface area contributed by atoms with E-state index in [1.807, 2.05) is 0 Å². The molecule has 0 aromatic heterocycles. The summed E-state index contributed by atoms with van der Waals surface area (Å²) in [6.07, 6.45) is 6.39. The molecule has 1 aliphatic carbocycles. The average Bonchev–Trinajstić information content (AvgIpc) is 2.05. The van der Waals surface area contributed by atoms with Crippen LogP contribution in [0.2, 0.25) is 0 Å². The first-order chi connectivity index (χ1) is 5.31. The zero-order valence-corrected chi connectivity index (χ0v) is 6.53. The fourth-order valence-electron chi connectivity index (χ4n) is 2.22. The quantitative estimate of drug-likeness (QED) is 0.530. The summed E-state index contributed by atoms with van der Waals surface area (Å²) in [5.41, 5.74) is 0. The van der Waals surface area contributed by atoms with Crippen LogP contribution in [0.5, 0.6) is 0 Å². The molecule has 2 bridgehead atoms. The van der Waals surface area contributed by atoms with Gasteiger partial charge in [0.05, 0.1) is 12.6 Å². The summed E-state index contributed by atoms with van der Waals surface area (Å²) >= 11 is 0. The van der Waals surface area contributed by atoms with Gasteiger partial charge in [0.25, 0.3) is 0 Å². The molecular formula is C9H13NO. The van der Waals surface area contributed by atoms with Crippen molar-refractivity contribution in [2.45, 2.75) is 12.5 Å². The Bertz CT molecular complexity index is 184. The van der Waals surface area contributed by atoms with Gasteiger partial charge in [0.2, 0.25) is 0 Å². The molecule has 2 heteroatoms. The van der Waals surface area contributed by atoms with E-state index in [4.69, 9.17) is 6.42 Å². The fraction of sp³-hybridized carbons (Fsp3) is 0.778. The number of nitrogens with zero attached hydrogens (tertiary/aromatic N) is 1. The van der Waals surface area contributed by atoms with Crippen LogP contribution in [-0.4, -0.2) is 35.7 Å². The zero-order valence-electron chi connectivity index (χ0n) is 6.53. The van der Waals surface area contributed by atoms with Crippen molar-refractivity contribution in [3.8, 4) is 12.3 Å². The Balaban J connectivity index is 1.90. The molecule has 1 unspecified atom stereocenters. The fourth-order valence-corrected chi connectivity index (χ4v) is 2.22. The summed E-state index contributed by atoms with van der Waals surface area (Å²) in [6.45, 7) is 2.75. The molecule has 0 amide bonds.